The minimum absolute atomic E-state index is 0.108. The van der Waals surface area contributed by atoms with Crippen molar-refractivity contribution in [2.45, 2.75) is 83.0 Å². The van der Waals surface area contributed by atoms with E-state index < -0.39 is 34.3 Å². The predicted molar refractivity (Wildman–Crippen MR) is 177 cm³/mol. The fraction of sp³-hybridized carbons (Fsp3) is 0.317. The lowest BCUT2D eigenvalue weighted by Crippen LogP contribution is -2.36. The highest BCUT2D eigenvalue weighted by Crippen LogP contribution is 2.56. The number of rotatable bonds is 4. The van der Waals surface area contributed by atoms with Crippen LogP contribution < -0.4 is 0 Å². The van der Waals surface area contributed by atoms with Gasteiger partial charge in [-0.2, -0.15) is 26.3 Å². The second-order valence-corrected chi connectivity index (χ2v) is 14.8. The molecule has 0 spiro atoms. The van der Waals surface area contributed by atoms with Crippen LogP contribution in [0.5, 0.6) is 0 Å². The molecule has 0 unspecified atom stereocenters. The highest BCUT2D eigenvalue weighted by atomic mass is 19.4. The molecule has 2 aliphatic rings. The molecule has 4 aromatic rings. The Morgan fingerprint density at radius 3 is 1.60 bits per heavy atom. The van der Waals surface area contributed by atoms with E-state index in [0.29, 0.717) is 12.8 Å². The predicted octanol–water partition coefficient (Wildman–Crippen LogP) is 12.1. The van der Waals surface area contributed by atoms with Crippen molar-refractivity contribution >= 4 is 0 Å². The molecular weight excluding hydrogens is 606 g/mol. The lowest BCUT2D eigenvalue weighted by Gasteiger charge is -2.43. The number of fused-ring (bicyclic) bond motifs is 3. The highest BCUT2D eigenvalue weighted by Gasteiger charge is 2.47. The fourth-order valence-electron chi connectivity index (χ4n) is 7.37. The summed E-state index contributed by atoms with van der Waals surface area (Å²) in [7, 11) is 0. The molecule has 4 aromatic carbocycles. The molecular formula is C41H38F6. The van der Waals surface area contributed by atoms with Crippen molar-refractivity contribution in [3.8, 4) is 11.1 Å². The summed E-state index contributed by atoms with van der Waals surface area (Å²) in [5.41, 5.74) is 4.34. The van der Waals surface area contributed by atoms with Crippen LogP contribution in [0.4, 0.5) is 26.3 Å². The summed E-state index contributed by atoms with van der Waals surface area (Å²) in [6, 6.07) is 20.8. The molecule has 0 heterocycles. The average Bonchev–Trinajstić information content (AvgIpc) is 3.65. The Morgan fingerprint density at radius 2 is 1.11 bits per heavy atom. The summed E-state index contributed by atoms with van der Waals surface area (Å²) >= 11 is 0. The topological polar surface area (TPSA) is 0 Å². The van der Waals surface area contributed by atoms with E-state index in [1.165, 1.54) is 12.1 Å². The number of hydrogen-bond donors (Lipinski definition) is 0. The standard InChI is InChI=1S/C41H38F6/c1-37(2,3)27-17-18-32-25(21-27)22-34-33(32)19-20-35(38(4,5)6)36(34)39(26-11-7-8-12-26,28-13-9-15-30(23-28)40(42,43)44)29-14-10-16-31(24-29)41(45,46)47/h7-11,13-21,23-24H,12,22H2,1-6H3. The zero-order chi connectivity index (χ0) is 34.2. The first-order valence-corrected chi connectivity index (χ1v) is 15.8. The lowest BCUT2D eigenvalue weighted by atomic mass is 9.59. The molecule has 0 N–H and O–H groups in total. The largest absolute Gasteiger partial charge is 0.416 e. The van der Waals surface area contributed by atoms with Crippen LogP contribution in [0.2, 0.25) is 0 Å². The summed E-state index contributed by atoms with van der Waals surface area (Å²) in [4.78, 5) is 0. The molecule has 0 aliphatic heterocycles. The van der Waals surface area contributed by atoms with E-state index in [2.05, 4.69) is 45.0 Å². The Hall–Kier alpha value is -4.06. The van der Waals surface area contributed by atoms with Crippen molar-refractivity contribution in [3.63, 3.8) is 0 Å². The lowest BCUT2D eigenvalue weighted by molar-refractivity contribution is -0.138. The van der Waals surface area contributed by atoms with Crippen molar-refractivity contribution in [1.82, 2.24) is 0 Å². The van der Waals surface area contributed by atoms with Gasteiger partial charge in [0.05, 0.1) is 16.5 Å². The van der Waals surface area contributed by atoms with Crippen molar-refractivity contribution in [3.05, 3.63) is 153 Å². The van der Waals surface area contributed by atoms with Gasteiger partial charge in [-0.25, -0.2) is 0 Å². The van der Waals surface area contributed by atoms with Gasteiger partial charge in [0, 0.05) is 0 Å². The van der Waals surface area contributed by atoms with E-state index in [4.69, 9.17) is 0 Å². The summed E-state index contributed by atoms with van der Waals surface area (Å²) in [5, 5.41) is 0. The number of benzene rings is 4. The molecule has 0 radical (unpaired) electrons. The first-order chi connectivity index (χ1) is 21.8. The zero-order valence-electron chi connectivity index (χ0n) is 27.4. The van der Waals surface area contributed by atoms with E-state index in [1.54, 1.807) is 12.1 Å². The van der Waals surface area contributed by atoms with Crippen LogP contribution in [0, 0.1) is 0 Å². The van der Waals surface area contributed by atoms with Crippen molar-refractivity contribution in [1.29, 1.82) is 0 Å². The van der Waals surface area contributed by atoms with Crippen LogP contribution in [0.15, 0.2) is 103 Å². The van der Waals surface area contributed by atoms with Crippen molar-refractivity contribution in [2.75, 3.05) is 0 Å². The quantitative estimate of drug-likeness (QED) is 0.135. The Kier molecular flexibility index (Phi) is 7.69. The van der Waals surface area contributed by atoms with E-state index in [1.807, 2.05) is 45.1 Å². The zero-order valence-corrected chi connectivity index (χ0v) is 27.4. The van der Waals surface area contributed by atoms with Gasteiger partial charge >= 0.3 is 12.4 Å². The molecule has 0 bridgehead atoms. The highest BCUT2D eigenvalue weighted by molar-refractivity contribution is 5.82. The molecule has 6 rings (SSSR count). The van der Waals surface area contributed by atoms with E-state index in [0.717, 1.165) is 68.8 Å². The van der Waals surface area contributed by atoms with Crippen molar-refractivity contribution < 1.29 is 26.3 Å². The average molecular weight is 645 g/mol. The number of hydrogen-bond acceptors (Lipinski definition) is 0. The Balaban J connectivity index is 1.80. The molecule has 2 aliphatic carbocycles. The van der Waals surface area contributed by atoms with Gasteiger partial charge in [0.15, 0.2) is 0 Å². The van der Waals surface area contributed by atoms with Crippen LogP contribution in [0.25, 0.3) is 11.1 Å². The SMILES string of the molecule is CC(C)(C)c1ccc2c(c1)Cc1c-2ccc(C(C)(C)C)c1C(C1=CC=CC1)(c1cccc(C(F)(F)F)c1)c1cccc(C(F)(F)F)c1. The fourth-order valence-corrected chi connectivity index (χ4v) is 7.37. The van der Waals surface area contributed by atoms with Gasteiger partial charge in [0.2, 0.25) is 0 Å². The minimum Gasteiger partial charge on any atom is -0.166 e. The van der Waals surface area contributed by atoms with Gasteiger partial charge in [-0.05, 0) is 91.4 Å². The molecule has 0 amide bonds. The Morgan fingerprint density at radius 1 is 0.553 bits per heavy atom. The third kappa shape index (κ3) is 5.64. The smallest absolute Gasteiger partial charge is 0.166 e. The Labute approximate surface area is 272 Å². The van der Waals surface area contributed by atoms with Gasteiger partial charge < -0.3 is 0 Å². The minimum atomic E-state index is -4.65. The van der Waals surface area contributed by atoms with E-state index in [-0.39, 0.29) is 16.5 Å². The molecule has 0 atom stereocenters. The van der Waals surface area contributed by atoms with E-state index >= 15 is 0 Å². The monoisotopic (exact) mass is 644 g/mol. The van der Waals surface area contributed by atoms with Crippen LogP contribution in [-0.2, 0) is 35.0 Å². The summed E-state index contributed by atoms with van der Waals surface area (Å²) < 4.78 is 86.3. The van der Waals surface area contributed by atoms with Crippen molar-refractivity contribution in [2.24, 2.45) is 0 Å². The first-order valence-electron chi connectivity index (χ1n) is 15.8. The van der Waals surface area contributed by atoms with Gasteiger partial charge in [-0.15, -0.1) is 0 Å². The molecule has 47 heavy (non-hydrogen) atoms. The van der Waals surface area contributed by atoms with Gasteiger partial charge in [0.25, 0.3) is 0 Å². The second-order valence-electron chi connectivity index (χ2n) is 14.8. The molecule has 0 saturated heterocycles. The van der Waals surface area contributed by atoms with Crippen LogP contribution >= 0.6 is 0 Å². The van der Waals surface area contributed by atoms with Crippen LogP contribution in [0.3, 0.4) is 0 Å². The summed E-state index contributed by atoms with van der Waals surface area (Å²) in [5.74, 6) is 0. The number of alkyl halides is 6. The van der Waals surface area contributed by atoms with Gasteiger partial charge in [0.1, 0.15) is 0 Å². The maximum atomic E-state index is 14.4. The third-order valence-electron chi connectivity index (χ3n) is 9.62. The molecule has 244 valence electrons. The van der Waals surface area contributed by atoms with Crippen LogP contribution in [-0.4, -0.2) is 0 Å². The molecule has 0 fully saturated rings. The molecule has 0 nitrogen and oxygen atoms in total. The van der Waals surface area contributed by atoms with E-state index in [9.17, 15) is 26.3 Å². The molecule has 6 heteroatoms. The molecule has 0 aromatic heterocycles. The van der Waals surface area contributed by atoms with Gasteiger partial charge in [-0.3, -0.25) is 0 Å². The summed E-state index contributed by atoms with van der Waals surface area (Å²) in [6.07, 6.45) is -2.79. The maximum absolute atomic E-state index is 14.4. The normalized spacial score (nSPS) is 15.1. The molecule has 0 saturated carbocycles. The second kappa shape index (κ2) is 11.0. The van der Waals surface area contributed by atoms with Gasteiger partial charge in [-0.1, -0.05) is 127 Å². The number of halogens is 6. The third-order valence-corrected chi connectivity index (χ3v) is 9.62. The maximum Gasteiger partial charge on any atom is 0.416 e. The first kappa shape index (κ1) is 32.9. The number of allylic oxidation sites excluding steroid dienone is 4. The van der Waals surface area contributed by atoms with Crippen LogP contribution in [0.1, 0.15) is 98.0 Å². The Bertz CT molecular complexity index is 1860. The summed E-state index contributed by atoms with van der Waals surface area (Å²) in [6.45, 7) is 12.6.